The monoisotopic (exact) mass is 284 g/mol. The van der Waals surface area contributed by atoms with Gasteiger partial charge in [-0.1, -0.05) is 24.3 Å². The fourth-order valence-corrected chi connectivity index (χ4v) is 2.55. The zero-order chi connectivity index (χ0) is 15.4. The lowest BCUT2D eigenvalue weighted by Gasteiger charge is -2.22. The fraction of sp³-hybridized carbons (Fsp3) is 0.294. The average molecular weight is 284 g/mol. The number of fused-ring (bicyclic) bond motifs is 1. The van der Waals surface area contributed by atoms with Crippen LogP contribution in [0.4, 0.5) is 5.69 Å². The standard InChI is InChI=1S/C17H20N2O2/c1-4-7-14(21-3)11-15(18)17(20)19-12(2)10-13-8-5-6-9-16(13)19/h4-9,11-12,18H,10H2,1-3H3/b7-4-,14-11+,18-15?/t12-/m1/s1. The van der Waals surface area contributed by atoms with Crippen molar-refractivity contribution in [3.8, 4) is 0 Å². The molecule has 110 valence electrons. The van der Waals surface area contributed by atoms with Crippen LogP contribution in [0.2, 0.25) is 0 Å². The Bertz CT molecular complexity index is 617. The van der Waals surface area contributed by atoms with E-state index in [1.165, 1.54) is 13.2 Å². The molecule has 1 aliphatic rings. The summed E-state index contributed by atoms with van der Waals surface area (Å²) < 4.78 is 5.13. The van der Waals surface area contributed by atoms with Crippen LogP contribution in [0.25, 0.3) is 0 Å². The molecule has 2 rings (SSSR count). The van der Waals surface area contributed by atoms with E-state index in [2.05, 4.69) is 0 Å². The van der Waals surface area contributed by atoms with Crippen LogP contribution in [0.1, 0.15) is 19.4 Å². The SMILES string of the molecule is C/C=C\C(=C/C(=N)C(=O)N1c2ccccc2C[C@H]1C)OC. The van der Waals surface area contributed by atoms with Crippen LogP contribution in [-0.4, -0.2) is 24.8 Å². The number of methoxy groups -OCH3 is 1. The number of carbonyl (C=O) groups excluding carboxylic acids is 1. The molecule has 1 atom stereocenters. The molecule has 0 spiro atoms. The highest BCUT2D eigenvalue weighted by atomic mass is 16.5. The molecule has 1 heterocycles. The van der Waals surface area contributed by atoms with Gasteiger partial charge in [0.05, 0.1) is 7.11 Å². The quantitative estimate of drug-likeness (QED) is 0.525. The maximum absolute atomic E-state index is 12.6. The van der Waals surface area contributed by atoms with Crippen LogP contribution >= 0.6 is 0 Å². The minimum Gasteiger partial charge on any atom is -0.497 e. The lowest BCUT2D eigenvalue weighted by Crippen LogP contribution is -2.39. The highest BCUT2D eigenvalue weighted by Crippen LogP contribution is 2.31. The summed E-state index contributed by atoms with van der Waals surface area (Å²) >= 11 is 0. The van der Waals surface area contributed by atoms with E-state index in [1.807, 2.05) is 38.1 Å². The van der Waals surface area contributed by atoms with Crippen LogP contribution in [0.5, 0.6) is 0 Å². The van der Waals surface area contributed by atoms with E-state index in [9.17, 15) is 4.79 Å². The second kappa shape index (κ2) is 6.39. The number of benzene rings is 1. The van der Waals surface area contributed by atoms with Gasteiger partial charge in [0.2, 0.25) is 0 Å². The van der Waals surface area contributed by atoms with Gasteiger partial charge in [0.1, 0.15) is 11.5 Å². The topological polar surface area (TPSA) is 53.4 Å². The van der Waals surface area contributed by atoms with Gasteiger partial charge in [-0.3, -0.25) is 10.2 Å². The number of hydrogen-bond donors (Lipinski definition) is 1. The lowest BCUT2D eigenvalue weighted by atomic mass is 10.1. The number of ether oxygens (including phenoxy) is 1. The van der Waals surface area contributed by atoms with Crippen molar-refractivity contribution < 1.29 is 9.53 Å². The predicted octanol–water partition coefficient (Wildman–Crippen LogP) is 3.09. The van der Waals surface area contributed by atoms with E-state index in [0.717, 1.165) is 17.7 Å². The smallest absolute Gasteiger partial charge is 0.276 e. The van der Waals surface area contributed by atoms with Crippen molar-refractivity contribution in [1.29, 1.82) is 5.41 Å². The third kappa shape index (κ3) is 3.05. The number of anilines is 1. The molecule has 1 N–H and O–H groups in total. The Morgan fingerprint density at radius 1 is 1.43 bits per heavy atom. The summed E-state index contributed by atoms with van der Waals surface area (Å²) in [6.45, 7) is 3.86. The van der Waals surface area contributed by atoms with Gasteiger partial charge >= 0.3 is 0 Å². The Balaban J connectivity index is 2.26. The van der Waals surface area contributed by atoms with Gasteiger partial charge < -0.3 is 9.64 Å². The number of hydrogen-bond acceptors (Lipinski definition) is 3. The Morgan fingerprint density at radius 2 is 2.14 bits per heavy atom. The maximum atomic E-state index is 12.6. The van der Waals surface area contributed by atoms with E-state index in [1.54, 1.807) is 17.1 Å². The van der Waals surface area contributed by atoms with Crippen molar-refractivity contribution in [2.24, 2.45) is 0 Å². The predicted molar refractivity (Wildman–Crippen MR) is 84.7 cm³/mol. The molecule has 0 saturated carbocycles. The van der Waals surface area contributed by atoms with Gasteiger partial charge in [-0.05, 0) is 38.0 Å². The third-order valence-corrected chi connectivity index (χ3v) is 3.51. The summed E-state index contributed by atoms with van der Waals surface area (Å²) in [5.74, 6) is 0.197. The second-order valence-corrected chi connectivity index (χ2v) is 5.02. The third-order valence-electron chi connectivity index (χ3n) is 3.51. The summed E-state index contributed by atoms with van der Waals surface area (Å²) in [7, 11) is 1.53. The van der Waals surface area contributed by atoms with Gasteiger partial charge in [-0.2, -0.15) is 0 Å². The van der Waals surface area contributed by atoms with E-state index in [-0.39, 0.29) is 17.7 Å². The highest BCUT2D eigenvalue weighted by Gasteiger charge is 2.31. The van der Waals surface area contributed by atoms with Crippen LogP contribution < -0.4 is 4.90 Å². The first-order valence-electron chi connectivity index (χ1n) is 6.97. The van der Waals surface area contributed by atoms with E-state index < -0.39 is 0 Å². The summed E-state index contributed by atoms with van der Waals surface area (Å²) in [5, 5.41) is 8.02. The molecule has 0 fully saturated rings. The number of para-hydroxylation sites is 1. The molecule has 0 radical (unpaired) electrons. The van der Waals surface area contributed by atoms with Crippen molar-refractivity contribution >= 4 is 17.3 Å². The van der Waals surface area contributed by atoms with Gasteiger partial charge in [0.25, 0.3) is 5.91 Å². The summed E-state index contributed by atoms with van der Waals surface area (Å²) in [5.41, 5.74) is 1.97. The summed E-state index contributed by atoms with van der Waals surface area (Å²) in [6.07, 6.45) is 5.81. The van der Waals surface area contributed by atoms with Gasteiger partial charge in [-0.15, -0.1) is 0 Å². The molecule has 21 heavy (non-hydrogen) atoms. The molecule has 1 aromatic carbocycles. The van der Waals surface area contributed by atoms with Crippen molar-refractivity contribution in [2.75, 3.05) is 12.0 Å². The van der Waals surface area contributed by atoms with Crippen LogP contribution in [-0.2, 0) is 16.0 Å². The molecule has 1 amide bonds. The Morgan fingerprint density at radius 3 is 2.81 bits per heavy atom. The molecule has 0 aliphatic carbocycles. The van der Waals surface area contributed by atoms with Crippen molar-refractivity contribution in [1.82, 2.24) is 0 Å². The first kappa shape index (κ1) is 15.0. The van der Waals surface area contributed by atoms with Gasteiger partial charge in [0, 0.05) is 17.8 Å². The van der Waals surface area contributed by atoms with Gasteiger partial charge in [-0.25, -0.2) is 0 Å². The molecule has 4 nitrogen and oxygen atoms in total. The molecule has 4 heteroatoms. The number of nitrogens with one attached hydrogen (secondary N) is 1. The lowest BCUT2D eigenvalue weighted by molar-refractivity contribution is -0.112. The van der Waals surface area contributed by atoms with Crippen molar-refractivity contribution in [3.05, 3.63) is 53.8 Å². The number of rotatable bonds is 4. The largest absolute Gasteiger partial charge is 0.497 e. The van der Waals surface area contributed by atoms with E-state index in [0.29, 0.717) is 5.76 Å². The molecule has 0 aromatic heterocycles. The molecule has 0 unspecified atom stereocenters. The number of amides is 1. The number of nitrogens with zero attached hydrogens (tertiary/aromatic N) is 1. The van der Waals surface area contributed by atoms with Crippen LogP contribution in [0.3, 0.4) is 0 Å². The minimum absolute atomic E-state index is 0.0661. The Labute approximate surface area is 125 Å². The highest BCUT2D eigenvalue weighted by molar-refractivity contribution is 6.46. The Kier molecular flexibility index (Phi) is 4.58. The van der Waals surface area contributed by atoms with Gasteiger partial charge in [0.15, 0.2) is 0 Å². The first-order chi connectivity index (χ1) is 10.1. The summed E-state index contributed by atoms with van der Waals surface area (Å²) in [4.78, 5) is 14.2. The number of allylic oxidation sites excluding steroid dienone is 2. The van der Waals surface area contributed by atoms with E-state index in [4.69, 9.17) is 10.1 Å². The molecule has 1 aromatic rings. The van der Waals surface area contributed by atoms with Crippen LogP contribution in [0.15, 0.2) is 48.3 Å². The fourth-order valence-electron chi connectivity index (χ4n) is 2.55. The van der Waals surface area contributed by atoms with E-state index >= 15 is 0 Å². The Hall–Kier alpha value is -2.36. The summed E-state index contributed by atoms with van der Waals surface area (Å²) in [6, 6.07) is 7.91. The van der Waals surface area contributed by atoms with Crippen LogP contribution in [0, 0.1) is 5.41 Å². The molecule has 0 bridgehead atoms. The average Bonchev–Trinajstić information content (AvgIpc) is 2.81. The zero-order valence-electron chi connectivity index (χ0n) is 12.6. The molecular formula is C17H20N2O2. The second-order valence-electron chi connectivity index (χ2n) is 5.02. The zero-order valence-corrected chi connectivity index (χ0v) is 12.6. The molecule has 0 saturated heterocycles. The molecule has 1 aliphatic heterocycles. The number of carbonyl (C=O) groups is 1. The molecular weight excluding hydrogens is 264 g/mol. The normalized spacial score (nSPS) is 18.0. The van der Waals surface area contributed by atoms with Crippen molar-refractivity contribution in [3.63, 3.8) is 0 Å². The van der Waals surface area contributed by atoms with Crippen molar-refractivity contribution in [2.45, 2.75) is 26.3 Å². The minimum atomic E-state index is -0.300. The maximum Gasteiger partial charge on any atom is 0.276 e. The first-order valence-corrected chi connectivity index (χ1v) is 6.97.